The topological polar surface area (TPSA) is 59.9 Å². The minimum absolute atomic E-state index is 0.150. The van der Waals surface area contributed by atoms with Gasteiger partial charge in [0.25, 0.3) is 5.56 Å². The highest BCUT2D eigenvalue weighted by Gasteiger charge is 2.02. The predicted octanol–water partition coefficient (Wildman–Crippen LogP) is 0.173. The normalized spacial score (nSPS) is 10.5. The quantitative estimate of drug-likeness (QED) is 0.715. The first kappa shape index (κ1) is 7.85. The molecule has 0 radical (unpaired) electrons. The summed E-state index contributed by atoms with van der Waals surface area (Å²) in [4.78, 5) is 20.2. The number of pyridine rings is 1. The average molecular weight is 179 g/mol. The van der Waals surface area contributed by atoms with Crippen LogP contribution in [0.25, 0.3) is 10.9 Å². The molecule has 0 saturated heterocycles. The molecule has 0 amide bonds. The Morgan fingerprint density at radius 1 is 1.69 bits per heavy atom. The van der Waals surface area contributed by atoms with E-state index in [0.717, 1.165) is 0 Å². The number of aromatic amines is 1. The molecule has 0 aliphatic carbocycles. The molecule has 2 rings (SSSR count). The molecule has 1 N–H and O–H groups in total. The van der Waals surface area contributed by atoms with Gasteiger partial charge in [-0.15, -0.1) is 9.94 Å². The smallest absolute Gasteiger partial charge is 0.259 e. The fourth-order valence-electron chi connectivity index (χ4n) is 1.14. The lowest BCUT2D eigenvalue weighted by Gasteiger charge is -1.97. The molecular formula is C8H9N3O2. The van der Waals surface area contributed by atoms with Crippen LogP contribution < -0.4 is 10.4 Å². The van der Waals surface area contributed by atoms with Crippen molar-refractivity contribution in [2.45, 2.75) is 6.92 Å². The molecule has 13 heavy (non-hydrogen) atoms. The highest BCUT2D eigenvalue weighted by molar-refractivity contribution is 5.76. The second-order valence-electron chi connectivity index (χ2n) is 2.56. The molecule has 0 atom stereocenters. The van der Waals surface area contributed by atoms with E-state index in [4.69, 9.17) is 4.84 Å². The summed E-state index contributed by atoms with van der Waals surface area (Å²) >= 11 is 0. The molecule has 0 fully saturated rings. The summed E-state index contributed by atoms with van der Waals surface area (Å²) < 4.78 is 0. The standard InChI is InChI=1S/C8H9N3O2/c1-2-13-11-5-6-7(10-11)3-4-9-8(6)12/h3-5H,2H2,1H3,(H,9,12). The van der Waals surface area contributed by atoms with Gasteiger partial charge in [-0.05, 0) is 13.0 Å². The largest absolute Gasteiger partial charge is 0.397 e. The minimum Gasteiger partial charge on any atom is -0.397 e. The Hall–Kier alpha value is -1.78. The highest BCUT2D eigenvalue weighted by Crippen LogP contribution is 2.03. The summed E-state index contributed by atoms with van der Waals surface area (Å²) in [5.74, 6) is 0. The number of hydrogen-bond donors (Lipinski definition) is 1. The van der Waals surface area contributed by atoms with E-state index in [2.05, 4.69) is 10.1 Å². The maximum atomic E-state index is 11.2. The fraction of sp³-hybridized carbons (Fsp3) is 0.250. The van der Waals surface area contributed by atoms with Gasteiger partial charge in [0.2, 0.25) is 0 Å². The van der Waals surface area contributed by atoms with E-state index in [1.807, 2.05) is 6.92 Å². The number of nitrogens with zero attached hydrogens (tertiary/aromatic N) is 2. The minimum atomic E-state index is -0.150. The summed E-state index contributed by atoms with van der Waals surface area (Å²) in [6.45, 7) is 2.38. The van der Waals surface area contributed by atoms with E-state index in [-0.39, 0.29) is 5.56 Å². The van der Waals surface area contributed by atoms with E-state index in [0.29, 0.717) is 17.5 Å². The zero-order valence-corrected chi connectivity index (χ0v) is 7.15. The van der Waals surface area contributed by atoms with Crippen LogP contribution in [0.15, 0.2) is 23.3 Å². The fourth-order valence-corrected chi connectivity index (χ4v) is 1.14. The summed E-state index contributed by atoms with van der Waals surface area (Å²) in [6, 6.07) is 1.73. The summed E-state index contributed by atoms with van der Waals surface area (Å²) in [5.41, 5.74) is 0.487. The van der Waals surface area contributed by atoms with E-state index < -0.39 is 0 Å². The van der Waals surface area contributed by atoms with Crippen molar-refractivity contribution >= 4 is 10.9 Å². The van der Waals surface area contributed by atoms with Crippen LogP contribution in [0.1, 0.15) is 6.92 Å². The molecule has 0 aliphatic rings. The first-order valence-corrected chi connectivity index (χ1v) is 4.01. The van der Waals surface area contributed by atoms with Gasteiger partial charge in [-0.25, -0.2) is 0 Å². The zero-order chi connectivity index (χ0) is 9.26. The van der Waals surface area contributed by atoms with Crippen LogP contribution >= 0.6 is 0 Å². The van der Waals surface area contributed by atoms with Gasteiger partial charge >= 0.3 is 0 Å². The monoisotopic (exact) mass is 179 g/mol. The molecule has 0 aromatic carbocycles. The van der Waals surface area contributed by atoms with Gasteiger partial charge in [-0.3, -0.25) is 4.79 Å². The third-order valence-electron chi connectivity index (χ3n) is 1.68. The van der Waals surface area contributed by atoms with Crippen LogP contribution in [0.5, 0.6) is 0 Å². The molecule has 5 nitrogen and oxygen atoms in total. The molecule has 68 valence electrons. The van der Waals surface area contributed by atoms with E-state index >= 15 is 0 Å². The lowest BCUT2D eigenvalue weighted by atomic mass is 10.3. The molecule has 0 saturated carbocycles. The van der Waals surface area contributed by atoms with Crippen molar-refractivity contribution in [3.05, 3.63) is 28.8 Å². The second-order valence-corrected chi connectivity index (χ2v) is 2.56. The number of H-pyrrole nitrogens is 1. The van der Waals surface area contributed by atoms with Crippen LogP contribution in [0.4, 0.5) is 0 Å². The Morgan fingerprint density at radius 2 is 2.54 bits per heavy atom. The van der Waals surface area contributed by atoms with Crippen molar-refractivity contribution in [2.75, 3.05) is 6.61 Å². The van der Waals surface area contributed by atoms with Gasteiger partial charge in [-0.1, -0.05) is 0 Å². The Labute approximate surface area is 73.9 Å². The van der Waals surface area contributed by atoms with Crippen LogP contribution in [-0.4, -0.2) is 21.5 Å². The lowest BCUT2D eigenvalue weighted by Crippen LogP contribution is -2.10. The number of aromatic nitrogens is 3. The van der Waals surface area contributed by atoms with Gasteiger partial charge in [0.1, 0.15) is 12.1 Å². The van der Waals surface area contributed by atoms with E-state index in [9.17, 15) is 4.79 Å². The Bertz CT molecular complexity index is 471. The molecule has 0 aliphatic heterocycles. The van der Waals surface area contributed by atoms with Crippen molar-refractivity contribution in [3.63, 3.8) is 0 Å². The Morgan fingerprint density at radius 3 is 3.23 bits per heavy atom. The lowest BCUT2D eigenvalue weighted by molar-refractivity contribution is 0.0944. The van der Waals surface area contributed by atoms with Crippen LogP contribution in [0.2, 0.25) is 0 Å². The zero-order valence-electron chi connectivity index (χ0n) is 7.15. The molecule has 2 aromatic rings. The first-order chi connectivity index (χ1) is 6.31. The van der Waals surface area contributed by atoms with Crippen molar-refractivity contribution in [1.29, 1.82) is 0 Å². The van der Waals surface area contributed by atoms with Gasteiger partial charge in [0.15, 0.2) is 0 Å². The number of nitrogens with one attached hydrogen (secondary N) is 1. The third kappa shape index (κ3) is 1.28. The van der Waals surface area contributed by atoms with Crippen LogP contribution in [0, 0.1) is 0 Å². The molecular weight excluding hydrogens is 170 g/mol. The summed E-state index contributed by atoms with van der Waals surface area (Å²) in [6.07, 6.45) is 3.13. The van der Waals surface area contributed by atoms with Crippen LogP contribution in [-0.2, 0) is 0 Å². The van der Waals surface area contributed by atoms with Crippen molar-refractivity contribution in [3.8, 4) is 0 Å². The SMILES string of the molecule is CCOn1cc2c(=O)[nH]ccc2n1. The summed E-state index contributed by atoms with van der Waals surface area (Å²) in [5, 5.41) is 4.58. The van der Waals surface area contributed by atoms with Gasteiger partial charge in [0, 0.05) is 6.20 Å². The number of hydrogen-bond acceptors (Lipinski definition) is 3. The van der Waals surface area contributed by atoms with E-state index in [1.165, 1.54) is 4.85 Å². The molecule has 0 bridgehead atoms. The van der Waals surface area contributed by atoms with Crippen molar-refractivity contribution < 1.29 is 4.84 Å². The summed E-state index contributed by atoms with van der Waals surface area (Å²) in [7, 11) is 0. The molecule has 0 spiro atoms. The maximum absolute atomic E-state index is 11.2. The van der Waals surface area contributed by atoms with Crippen molar-refractivity contribution in [1.82, 2.24) is 14.9 Å². The maximum Gasteiger partial charge on any atom is 0.259 e. The Balaban J connectivity index is 2.62. The van der Waals surface area contributed by atoms with E-state index in [1.54, 1.807) is 18.5 Å². The molecule has 2 aromatic heterocycles. The molecule has 2 heterocycles. The van der Waals surface area contributed by atoms with Crippen LogP contribution in [0.3, 0.4) is 0 Å². The number of rotatable bonds is 2. The Kier molecular flexibility index (Phi) is 1.77. The van der Waals surface area contributed by atoms with Gasteiger partial charge < -0.3 is 9.82 Å². The second kappa shape index (κ2) is 2.93. The average Bonchev–Trinajstić information content (AvgIpc) is 2.49. The predicted molar refractivity (Wildman–Crippen MR) is 47.5 cm³/mol. The van der Waals surface area contributed by atoms with Gasteiger partial charge in [-0.2, -0.15) is 0 Å². The molecule has 0 unspecified atom stereocenters. The van der Waals surface area contributed by atoms with Gasteiger partial charge in [0.05, 0.1) is 11.6 Å². The highest BCUT2D eigenvalue weighted by atomic mass is 16.7. The molecule has 5 heteroatoms. The van der Waals surface area contributed by atoms with Crippen molar-refractivity contribution in [2.24, 2.45) is 0 Å². The number of fused-ring (bicyclic) bond motifs is 1. The first-order valence-electron chi connectivity index (χ1n) is 4.01. The third-order valence-corrected chi connectivity index (χ3v) is 1.68.